The molecule has 0 unspecified atom stereocenters. The van der Waals surface area contributed by atoms with Gasteiger partial charge in [0.25, 0.3) is 5.91 Å². The standard InChI is InChI=1S/C52H87N5O8/c1-12-37(6)48(55(9)50(61)40(35(2)3)31-43(58)47(36(4)5)54(8)27-19-14-13-18-26-53)45(63-10)32-46(60)56-28-22-25-42(56)49(64-11)38(7)44(59)34-52(51(62)57-29-20-21-30-65-57)33-41(52)39-23-16-15-17-24-39/h15-17,23-24,35-38,40-42,45,47-49H,12-14,18-22,25-34,53H2,1-11H3/t37-,38-,40-,41+,42-,45+,47-,48-,49+,52-/m0/s1. The van der Waals surface area contributed by atoms with Crippen LogP contribution >= 0.6 is 0 Å². The molecule has 3 aliphatic rings. The van der Waals surface area contributed by atoms with E-state index in [0.717, 1.165) is 63.5 Å². The number of nitrogens with zero attached hydrogens (tertiary/aromatic N) is 4. The topological polar surface area (TPSA) is 152 Å². The third kappa shape index (κ3) is 13.7. The molecule has 13 heteroatoms. The number of nitrogens with two attached hydrogens (primary N) is 1. The normalized spacial score (nSPS) is 23.2. The van der Waals surface area contributed by atoms with Crippen molar-refractivity contribution in [3.8, 4) is 0 Å². The van der Waals surface area contributed by atoms with Crippen LogP contribution in [0.15, 0.2) is 30.3 Å². The zero-order valence-electron chi connectivity index (χ0n) is 42.1. The average Bonchev–Trinajstić information content (AvgIpc) is 3.82. The van der Waals surface area contributed by atoms with Crippen LogP contribution in [0, 0.1) is 35.0 Å². The van der Waals surface area contributed by atoms with Crippen molar-refractivity contribution >= 4 is 29.3 Å². The highest BCUT2D eigenvalue weighted by Gasteiger charge is 2.63. The Labute approximate surface area is 392 Å². The summed E-state index contributed by atoms with van der Waals surface area (Å²) in [4.78, 5) is 83.5. The third-order valence-electron chi connectivity index (χ3n) is 15.2. The van der Waals surface area contributed by atoms with E-state index in [4.69, 9.17) is 20.0 Å². The second-order valence-electron chi connectivity index (χ2n) is 20.4. The monoisotopic (exact) mass is 910 g/mol. The largest absolute Gasteiger partial charge is 0.379 e. The first-order valence-electron chi connectivity index (χ1n) is 25.1. The van der Waals surface area contributed by atoms with Gasteiger partial charge in [0.15, 0.2) is 5.78 Å². The van der Waals surface area contributed by atoms with Gasteiger partial charge in [-0.3, -0.25) is 33.7 Å². The molecule has 0 aromatic heterocycles. The van der Waals surface area contributed by atoms with Crippen LogP contribution in [0.3, 0.4) is 0 Å². The number of benzene rings is 1. The molecule has 0 radical (unpaired) electrons. The summed E-state index contributed by atoms with van der Waals surface area (Å²) in [5.41, 5.74) is 5.85. The van der Waals surface area contributed by atoms with Crippen LogP contribution in [0.4, 0.5) is 0 Å². The number of hydrogen-bond acceptors (Lipinski definition) is 10. The zero-order valence-corrected chi connectivity index (χ0v) is 42.1. The molecule has 3 amide bonds. The number of carbonyl (C=O) groups is 5. The van der Waals surface area contributed by atoms with Crippen molar-refractivity contribution in [2.45, 2.75) is 168 Å². The molecule has 2 heterocycles. The van der Waals surface area contributed by atoms with Gasteiger partial charge in [0.1, 0.15) is 5.78 Å². The van der Waals surface area contributed by atoms with E-state index in [2.05, 4.69) is 32.6 Å². The van der Waals surface area contributed by atoms with Crippen LogP contribution in [0.2, 0.25) is 0 Å². The molecular formula is C52H87N5O8. The van der Waals surface area contributed by atoms with E-state index in [1.807, 2.05) is 63.1 Å². The molecule has 2 aliphatic heterocycles. The first-order valence-corrected chi connectivity index (χ1v) is 25.1. The SMILES string of the molecule is CC[C@H](C)[C@@H]([C@@H](CC(=O)N1CCC[C@H]1[C@H](OC)[C@@H](C)C(=O)C[C@@]1(C(=O)N2CCCCO2)C[C@@H]1c1ccccc1)OC)N(C)C(=O)[C@@H](CC(=O)[C@H](C(C)C)N(C)CCCCCCN)C(C)C. The summed E-state index contributed by atoms with van der Waals surface area (Å²) < 4.78 is 12.3. The number of carbonyl (C=O) groups excluding carboxylic acids is 5. The lowest BCUT2D eigenvalue weighted by Gasteiger charge is -2.41. The molecule has 1 aromatic rings. The van der Waals surface area contributed by atoms with Crippen molar-refractivity contribution in [3.05, 3.63) is 35.9 Å². The number of likely N-dealkylation sites (N-methyl/N-ethyl adjacent to an activating group) is 2. The molecule has 4 rings (SSSR count). The Hall–Kier alpha value is -3.23. The third-order valence-corrected chi connectivity index (χ3v) is 15.2. The van der Waals surface area contributed by atoms with Crippen LogP contribution < -0.4 is 5.73 Å². The highest BCUT2D eigenvalue weighted by molar-refractivity contribution is 5.94. The molecule has 65 heavy (non-hydrogen) atoms. The fourth-order valence-electron chi connectivity index (χ4n) is 11.1. The number of ether oxygens (including phenoxy) is 2. The van der Waals surface area contributed by atoms with Crippen LogP contribution in [0.1, 0.15) is 143 Å². The Balaban J connectivity index is 1.48. The van der Waals surface area contributed by atoms with Gasteiger partial charge in [0.05, 0.1) is 48.8 Å². The number of likely N-dealkylation sites (tertiary alicyclic amines) is 1. The van der Waals surface area contributed by atoms with Gasteiger partial charge in [-0.05, 0) is 94.3 Å². The van der Waals surface area contributed by atoms with Crippen molar-refractivity contribution in [2.75, 3.05) is 61.1 Å². The summed E-state index contributed by atoms with van der Waals surface area (Å²) in [6, 6.07) is 8.87. The molecule has 0 spiro atoms. The Morgan fingerprint density at radius 2 is 1.55 bits per heavy atom. The molecule has 13 nitrogen and oxygen atoms in total. The van der Waals surface area contributed by atoms with Gasteiger partial charge in [0.2, 0.25) is 11.8 Å². The summed E-state index contributed by atoms with van der Waals surface area (Å²) >= 11 is 0. The Kier molecular flexibility index (Phi) is 21.6. The van der Waals surface area contributed by atoms with Gasteiger partial charge >= 0.3 is 0 Å². The minimum absolute atomic E-state index is 0.00900. The van der Waals surface area contributed by atoms with Crippen molar-refractivity contribution in [2.24, 2.45) is 40.7 Å². The smallest absolute Gasteiger partial charge is 0.253 e. The van der Waals surface area contributed by atoms with E-state index in [1.54, 1.807) is 26.2 Å². The van der Waals surface area contributed by atoms with E-state index in [0.29, 0.717) is 39.1 Å². The van der Waals surface area contributed by atoms with Crippen molar-refractivity contribution in [1.29, 1.82) is 0 Å². The molecule has 10 atom stereocenters. The predicted octanol–water partition coefficient (Wildman–Crippen LogP) is 7.30. The maximum atomic E-state index is 14.7. The van der Waals surface area contributed by atoms with E-state index >= 15 is 0 Å². The summed E-state index contributed by atoms with van der Waals surface area (Å²) in [5, 5.41) is 1.48. The van der Waals surface area contributed by atoms with Crippen LogP contribution in [-0.2, 0) is 38.3 Å². The molecule has 2 saturated heterocycles. The fraction of sp³-hybridized carbons (Fsp3) is 0.788. The molecule has 0 bridgehead atoms. The van der Waals surface area contributed by atoms with E-state index < -0.39 is 35.5 Å². The van der Waals surface area contributed by atoms with Gasteiger partial charge < -0.3 is 25.0 Å². The average molecular weight is 910 g/mol. The second-order valence-corrected chi connectivity index (χ2v) is 20.4. The van der Waals surface area contributed by atoms with Gasteiger partial charge in [0, 0.05) is 59.0 Å². The maximum absolute atomic E-state index is 14.7. The number of unbranched alkanes of at least 4 members (excludes halogenated alkanes) is 3. The fourth-order valence-corrected chi connectivity index (χ4v) is 11.1. The van der Waals surface area contributed by atoms with E-state index in [-0.39, 0.29) is 84.3 Å². The maximum Gasteiger partial charge on any atom is 0.253 e. The highest BCUT2D eigenvalue weighted by atomic mass is 16.7. The molecule has 1 aromatic carbocycles. The predicted molar refractivity (Wildman–Crippen MR) is 256 cm³/mol. The summed E-state index contributed by atoms with van der Waals surface area (Å²) in [5.74, 6) is -1.53. The van der Waals surface area contributed by atoms with Gasteiger partial charge in [-0.15, -0.1) is 0 Å². The van der Waals surface area contributed by atoms with Gasteiger partial charge in [-0.2, -0.15) is 0 Å². The second kappa shape index (κ2) is 25.8. The van der Waals surface area contributed by atoms with Crippen molar-refractivity contribution < 1.29 is 38.3 Å². The zero-order chi connectivity index (χ0) is 48.0. The number of Topliss-reactive ketones (excluding diaryl/α,β-unsaturated/α-hetero) is 2. The lowest BCUT2D eigenvalue weighted by Crippen LogP contribution is -2.54. The Bertz CT molecular complexity index is 1670. The number of amides is 3. The number of methoxy groups -OCH3 is 2. The van der Waals surface area contributed by atoms with Crippen LogP contribution in [0.25, 0.3) is 0 Å². The lowest BCUT2D eigenvalue weighted by atomic mass is 9.83. The van der Waals surface area contributed by atoms with E-state index in [9.17, 15) is 24.0 Å². The van der Waals surface area contributed by atoms with Crippen LogP contribution in [0.5, 0.6) is 0 Å². The Morgan fingerprint density at radius 3 is 2.14 bits per heavy atom. The van der Waals surface area contributed by atoms with E-state index in [1.165, 1.54) is 5.06 Å². The van der Waals surface area contributed by atoms with Gasteiger partial charge in [-0.1, -0.05) is 98.1 Å². The molecule has 1 saturated carbocycles. The molecule has 368 valence electrons. The molecule has 3 fully saturated rings. The number of hydrogen-bond donors (Lipinski definition) is 1. The van der Waals surface area contributed by atoms with Crippen molar-refractivity contribution in [1.82, 2.24) is 19.8 Å². The Morgan fingerprint density at radius 1 is 0.862 bits per heavy atom. The van der Waals surface area contributed by atoms with Crippen LogP contribution in [-0.4, -0.2) is 140 Å². The minimum atomic E-state index is -0.883. The molecular weight excluding hydrogens is 823 g/mol. The summed E-state index contributed by atoms with van der Waals surface area (Å²) in [7, 11) is 7.01. The summed E-state index contributed by atoms with van der Waals surface area (Å²) in [6.07, 6.45) is 7.74. The first-order chi connectivity index (χ1) is 31.0. The first kappa shape index (κ1) is 54.4. The lowest BCUT2D eigenvalue weighted by molar-refractivity contribution is -0.203. The van der Waals surface area contributed by atoms with Gasteiger partial charge in [-0.25, -0.2) is 5.06 Å². The number of rotatable bonds is 28. The minimum Gasteiger partial charge on any atom is -0.379 e. The molecule has 2 N–H and O–H groups in total. The quantitative estimate of drug-likeness (QED) is 0.0849. The van der Waals surface area contributed by atoms with Crippen molar-refractivity contribution in [3.63, 3.8) is 0 Å². The highest BCUT2D eigenvalue weighted by Crippen LogP contribution is 2.63. The summed E-state index contributed by atoms with van der Waals surface area (Å²) in [6.45, 7) is 17.2. The number of ketones is 2. The number of hydroxylamine groups is 2. The molecule has 1 aliphatic carbocycles.